The van der Waals surface area contributed by atoms with E-state index in [2.05, 4.69) is 5.43 Å². The predicted molar refractivity (Wildman–Crippen MR) is 68.5 cm³/mol. The minimum Gasteiger partial charge on any atom is -0.271 e. The van der Waals surface area contributed by atoms with E-state index in [-0.39, 0.29) is 6.04 Å². The van der Waals surface area contributed by atoms with Crippen LogP contribution in [0.4, 0.5) is 0 Å². The second-order valence-corrected chi connectivity index (χ2v) is 5.19. The molecule has 0 spiro atoms. The van der Waals surface area contributed by atoms with Gasteiger partial charge in [-0.25, -0.2) is 0 Å². The highest BCUT2D eigenvalue weighted by Crippen LogP contribution is 2.38. The Balaban J connectivity index is 2.11. The van der Waals surface area contributed by atoms with Gasteiger partial charge in [0.25, 0.3) is 0 Å². The zero-order chi connectivity index (χ0) is 11.5. The molecule has 1 aliphatic carbocycles. The van der Waals surface area contributed by atoms with E-state index in [1.165, 1.54) is 19.3 Å². The molecular formula is C12H16Cl2N2. The van der Waals surface area contributed by atoms with E-state index in [4.69, 9.17) is 29.0 Å². The third kappa shape index (κ3) is 2.89. The lowest BCUT2D eigenvalue weighted by molar-refractivity contribution is 0.482. The largest absolute Gasteiger partial charge is 0.271 e. The SMILES string of the molecule is NNC(CCC1CC1)c1c(Cl)cccc1Cl. The number of hydrogen-bond acceptors (Lipinski definition) is 2. The average molecular weight is 259 g/mol. The summed E-state index contributed by atoms with van der Waals surface area (Å²) in [6.07, 6.45) is 4.89. The summed E-state index contributed by atoms with van der Waals surface area (Å²) in [5.41, 5.74) is 3.74. The molecule has 1 fully saturated rings. The van der Waals surface area contributed by atoms with Gasteiger partial charge in [0.2, 0.25) is 0 Å². The van der Waals surface area contributed by atoms with E-state index in [1.54, 1.807) is 0 Å². The van der Waals surface area contributed by atoms with Crippen LogP contribution in [-0.4, -0.2) is 0 Å². The number of hydrogen-bond donors (Lipinski definition) is 2. The molecule has 2 nitrogen and oxygen atoms in total. The summed E-state index contributed by atoms with van der Waals surface area (Å²) in [4.78, 5) is 0. The minimum absolute atomic E-state index is 0.0572. The molecule has 0 heterocycles. The van der Waals surface area contributed by atoms with Crippen molar-refractivity contribution in [2.24, 2.45) is 11.8 Å². The molecule has 1 aromatic carbocycles. The Labute approximate surface area is 106 Å². The quantitative estimate of drug-likeness (QED) is 0.625. The van der Waals surface area contributed by atoms with Gasteiger partial charge < -0.3 is 0 Å². The van der Waals surface area contributed by atoms with Gasteiger partial charge in [-0.05, 0) is 30.9 Å². The predicted octanol–water partition coefficient (Wildman–Crippen LogP) is 3.69. The van der Waals surface area contributed by atoms with Gasteiger partial charge in [-0.3, -0.25) is 11.3 Å². The first-order chi connectivity index (χ1) is 7.72. The van der Waals surface area contributed by atoms with E-state index in [0.717, 1.165) is 17.9 Å². The Morgan fingerprint density at radius 3 is 2.44 bits per heavy atom. The molecule has 0 aliphatic heterocycles. The van der Waals surface area contributed by atoms with Crippen molar-refractivity contribution in [2.75, 3.05) is 0 Å². The maximum absolute atomic E-state index is 6.15. The van der Waals surface area contributed by atoms with Gasteiger partial charge in [-0.15, -0.1) is 0 Å². The van der Waals surface area contributed by atoms with Gasteiger partial charge >= 0.3 is 0 Å². The molecule has 0 saturated heterocycles. The number of rotatable bonds is 5. The van der Waals surface area contributed by atoms with Crippen molar-refractivity contribution in [2.45, 2.75) is 31.7 Å². The van der Waals surface area contributed by atoms with Crippen LogP contribution in [0.15, 0.2) is 18.2 Å². The zero-order valence-corrected chi connectivity index (χ0v) is 10.6. The van der Waals surface area contributed by atoms with Gasteiger partial charge in [-0.2, -0.15) is 0 Å². The van der Waals surface area contributed by atoms with Crippen LogP contribution in [0.3, 0.4) is 0 Å². The molecule has 1 unspecified atom stereocenters. The van der Waals surface area contributed by atoms with E-state index < -0.39 is 0 Å². The Bertz CT molecular complexity index is 344. The first kappa shape index (κ1) is 12.2. The molecule has 0 bridgehead atoms. The molecule has 3 N–H and O–H groups in total. The van der Waals surface area contributed by atoms with Gasteiger partial charge in [0.1, 0.15) is 0 Å². The van der Waals surface area contributed by atoms with Crippen molar-refractivity contribution in [3.8, 4) is 0 Å². The number of nitrogens with two attached hydrogens (primary N) is 1. The summed E-state index contributed by atoms with van der Waals surface area (Å²) in [6, 6.07) is 5.61. The van der Waals surface area contributed by atoms with Crippen LogP contribution in [-0.2, 0) is 0 Å². The maximum atomic E-state index is 6.15. The zero-order valence-electron chi connectivity index (χ0n) is 9.05. The summed E-state index contributed by atoms with van der Waals surface area (Å²) < 4.78 is 0. The molecule has 1 aliphatic rings. The van der Waals surface area contributed by atoms with Crippen LogP contribution in [0.5, 0.6) is 0 Å². The van der Waals surface area contributed by atoms with Crippen LogP contribution in [0.1, 0.15) is 37.3 Å². The number of halogens is 2. The smallest absolute Gasteiger partial charge is 0.0489 e. The van der Waals surface area contributed by atoms with Crippen molar-refractivity contribution in [1.82, 2.24) is 5.43 Å². The monoisotopic (exact) mass is 258 g/mol. The van der Waals surface area contributed by atoms with Crippen molar-refractivity contribution >= 4 is 23.2 Å². The number of benzene rings is 1. The van der Waals surface area contributed by atoms with E-state index in [1.807, 2.05) is 18.2 Å². The molecule has 2 rings (SSSR count). The van der Waals surface area contributed by atoms with Crippen molar-refractivity contribution < 1.29 is 0 Å². The van der Waals surface area contributed by atoms with Gasteiger partial charge in [-0.1, -0.05) is 42.1 Å². The standard InChI is InChI=1S/C12H16Cl2N2/c13-9-2-1-3-10(14)12(9)11(16-15)7-6-8-4-5-8/h1-3,8,11,16H,4-7,15H2. The highest BCUT2D eigenvalue weighted by Gasteiger charge is 2.24. The Morgan fingerprint density at radius 1 is 1.31 bits per heavy atom. The van der Waals surface area contributed by atoms with Gasteiger partial charge in [0.15, 0.2) is 0 Å². The summed E-state index contributed by atoms with van der Waals surface area (Å²) in [6.45, 7) is 0. The van der Waals surface area contributed by atoms with Crippen LogP contribution in [0.2, 0.25) is 10.0 Å². The maximum Gasteiger partial charge on any atom is 0.0489 e. The molecule has 16 heavy (non-hydrogen) atoms. The molecular weight excluding hydrogens is 243 g/mol. The molecule has 88 valence electrons. The second kappa shape index (κ2) is 5.37. The molecule has 4 heteroatoms. The lowest BCUT2D eigenvalue weighted by Gasteiger charge is -2.18. The first-order valence-electron chi connectivity index (χ1n) is 5.62. The average Bonchev–Trinajstić information content (AvgIpc) is 3.06. The van der Waals surface area contributed by atoms with E-state index >= 15 is 0 Å². The van der Waals surface area contributed by atoms with Crippen molar-refractivity contribution in [3.63, 3.8) is 0 Å². The van der Waals surface area contributed by atoms with Gasteiger partial charge in [0.05, 0.1) is 0 Å². The highest BCUT2D eigenvalue weighted by molar-refractivity contribution is 6.36. The third-order valence-electron chi connectivity index (χ3n) is 3.11. The number of nitrogens with one attached hydrogen (secondary N) is 1. The normalized spacial score (nSPS) is 17.4. The van der Waals surface area contributed by atoms with E-state index in [9.17, 15) is 0 Å². The van der Waals surface area contributed by atoms with Gasteiger partial charge in [0, 0.05) is 21.7 Å². The fraction of sp³-hybridized carbons (Fsp3) is 0.500. The third-order valence-corrected chi connectivity index (χ3v) is 3.77. The Kier molecular flexibility index (Phi) is 4.09. The lowest BCUT2D eigenvalue weighted by atomic mass is 10.0. The molecule has 0 aromatic heterocycles. The van der Waals surface area contributed by atoms with Crippen molar-refractivity contribution in [1.29, 1.82) is 0 Å². The number of hydrazine groups is 1. The minimum atomic E-state index is 0.0572. The molecule has 1 aromatic rings. The van der Waals surface area contributed by atoms with E-state index in [0.29, 0.717) is 10.0 Å². The van der Waals surface area contributed by atoms with Crippen LogP contribution in [0.25, 0.3) is 0 Å². The molecule has 1 saturated carbocycles. The Hall–Kier alpha value is -0.280. The molecule has 0 amide bonds. The first-order valence-corrected chi connectivity index (χ1v) is 6.38. The fourth-order valence-corrected chi connectivity index (χ4v) is 2.62. The fourth-order valence-electron chi connectivity index (χ4n) is 1.96. The molecule has 0 radical (unpaired) electrons. The van der Waals surface area contributed by atoms with Crippen LogP contribution in [0, 0.1) is 5.92 Å². The topological polar surface area (TPSA) is 38.0 Å². The van der Waals surface area contributed by atoms with Crippen LogP contribution < -0.4 is 11.3 Å². The highest BCUT2D eigenvalue weighted by atomic mass is 35.5. The van der Waals surface area contributed by atoms with Crippen LogP contribution >= 0.6 is 23.2 Å². The molecule has 1 atom stereocenters. The summed E-state index contributed by atoms with van der Waals surface area (Å²) in [5, 5.41) is 1.37. The Morgan fingerprint density at radius 2 is 1.94 bits per heavy atom. The second-order valence-electron chi connectivity index (χ2n) is 4.38. The lowest BCUT2D eigenvalue weighted by Crippen LogP contribution is -2.28. The summed E-state index contributed by atoms with van der Waals surface area (Å²) in [5.74, 6) is 6.47. The summed E-state index contributed by atoms with van der Waals surface area (Å²) in [7, 11) is 0. The van der Waals surface area contributed by atoms with Crippen molar-refractivity contribution in [3.05, 3.63) is 33.8 Å². The summed E-state index contributed by atoms with van der Waals surface area (Å²) >= 11 is 12.3.